The molecule has 7 heteroatoms. The second-order valence-corrected chi connectivity index (χ2v) is 7.81. The van der Waals surface area contributed by atoms with Crippen molar-refractivity contribution in [2.45, 2.75) is 4.90 Å². The molecule has 1 aliphatic heterocycles. The zero-order chi connectivity index (χ0) is 18.6. The molecule has 0 atom stereocenters. The van der Waals surface area contributed by atoms with Crippen LogP contribution >= 0.6 is 0 Å². The Labute approximate surface area is 152 Å². The van der Waals surface area contributed by atoms with E-state index in [4.69, 9.17) is 0 Å². The normalized spacial score (nSPS) is 16.1. The molecule has 1 aliphatic rings. The van der Waals surface area contributed by atoms with Gasteiger partial charge in [-0.3, -0.25) is 4.79 Å². The Balaban J connectivity index is 1.63. The van der Waals surface area contributed by atoms with Crippen LogP contribution in [-0.2, 0) is 14.8 Å². The number of nitrogens with zero attached hydrogens (tertiary/aromatic N) is 2. The molecule has 3 rings (SSSR count). The second kappa shape index (κ2) is 7.80. The maximum Gasteiger partial charge on any atom is 0.246 e. The van der Waals surface area contributed by atoms with Crippen LogP contribution in [0.1, 0.15) is 5.56 Å². The molecule has 1 fully saturated rings. The van der Waals surface area contributed by atoms with Gasteiger partial charge in [0.15, 0.2) is 0 Å². The number of benzene rings is 2. The highest BCUT2D eigenvalue weighted by molar-refractivity contribution is 7.89. The predicted octanol–water partition coefficient (Wildman–Crippen LogP) is 2.37. The fourth-order valence-corrected chi connectivity index (χ4v) is 4.27. The van der Waals surface area contributed by atoms with Crippen molar-refractivity contribution in [3.8, 4) is 0 Å². The van der Waals surface area contributed by atoms with Gasteiger partial charge < -0.3 is 4.90 Å². The molecule has 0 radical (unpaired) electrons. The lowest BCUT2D eigenvalue weighted by Gasteiger charge is -2.33. The van der Waals surface area contributed by atoms with Gasteiger partial charge in [-0.05, 0) is 23.8 Å². The number of piperazine rings is 1. The van der Waals surface area contributed by atoms with Crippen LogP contribution in [0.25, 0.3) is 6.08 Å². The molecular formula is C19H19FN2O3S. The quantitative estimate of drug-likeness (QED) is 0.772. The van der Waals surface area contributed by atoms with Crippen molar-refractivity contribution in [1.29, 1.82) is 0 Å². The highest BCUT2D eigenvalue weighted by Gasteiger charge is 2.31. The van der Waals surface area contributed by atoms with Crippen LogP contribution < -0.4 is 0 Å². The maximum atomic E-state index is 13.8. The molecule has 1 amide bonds. The fourth-order valence-electron chi connectivity index (χ4n) is 2.78. The summed E-state index contributed by atoms with van der Waals surface area (Å²) in [6, 6.07) is 14.8. The summed E-state index contributed by atoms with van der Waals surface area (Å²) >= 11 is 0. The number of amides is 1. The topological polar surface area (TPSA) is 57.7 Å². The molecule has 2 aromatic rings. The summed E-state index contributed by atoms with van der Waals surface area (Å²) in [4.78, 5) is 13.5. The van der Waals surface area contributed by atoms with Crippen LogP contribution in [0, 0.1) is 5.82 Å². The molecule has 136 valence electrons. The molecule has 2 aromatic carbocycles. The highest BCUT2D eigenvalue weighted by atomic mass is 32.2. The number of halogens is 1. The Morgan fingerprint density at radius 3 is 2.19 bits per heavy atom. The lowest BCUT2D eigenvalue weighted by molar-refractivity contribution is -0.127. The third-order valence-electron chi connectivity index (χ3n) is 4.22. The molecule has 5 nitrogen and oxygen atoms in total. The number of carbonyl (C=O) groups excluding carboxylic acids is 1. The molecule has 26 heavy (non-hydrogen) atoms. The van der Waals surface area contributed by atoms with Gasteiger partial charge in [0.25, 0.3) is 0 Å². The monoisotopic (exact) mass is 374 g/mol. The van der Waals surface area contributed by atoms with Gasteiger partial charge in [0, 0.05) is 32.3 Å². The number of sulfonamides is 1. The van der Waals surface area contributed by atoms with Crippen LogP contribution in [0.4, 0.5) is 4.39 Å². The van der Waals surface area contributed by atoms with Crippen molar-refractivity contribution in [2.24, 2.45) is 0 Å². The predicted molar refractivity (Wildman–Crippen MR) is 97.2 cm³/mol. The van der Waals surface area contributed by atoms with E-state index in [-0.39, 0.29) is 37.0 Å². The minimum Gasteiger partial charge on any atom is -0.337 e. The van der Waals surface area contributed by atoms with E-state index in [1.54, 1.807) is 11.0 Å². The zero-order valence-corrected chi connectivity index (χ0v) is 14.9. The van der Waals surface area contributed by atoms with Gasteiger partial charge >= 0.3 is 0 Å². The molecule has 0 bridgehead atoms. The van der Waals surface area contributed by atoms with Crippen molar-refractivity contribution in [1.82, 2.24) is 9.21 Å². The molecule has 0 unspecified atom stereocenters. The third-order valence-corrected chi connectivity index (χ3v) is 6.15. The van der Waals surface area contributed by atoms with Crippen molar-refractivity contribution in [3.05, 3.63) is 72.1 Å². The third kappa shape index (κ3) is 4.00. The van der Waals surface area contributed by atoms with Crippen LogP contribution in [-0.4, -0.2) is 49.7 Å². The first-order chi connectivity index (χ1) is 12.5. The first-order valence-electron chi connectivity index (χ1n) is 8.25. The molecule has 0 aliphatic carbocycles. The summed E-state index contributed by atoms with van der Waals surface area (Å²) in [6.07, 6.45) is 3.21. The van der Waals surface area contributed by atoms with E-state index in [2.05, 4.69) is 0 Å². The SMILES string of the molecule is O=C(/C=C/c1ccccc1)N1CCN(S(=O)(=O)c2ccccc2F)CC1. The Morgan fingerprint density at radius 1 is 0.923 bits per heavy atom. The van der Waals surface area contributed by atoms with E-state index in [9.17, 15) is 17.6 Å². The summed E-state index contributed by atoms with van der Waals surface area (Å²) in [7, 11) is -3.89. The number of carbonyl (C=O) groups is 1. The Bertz CT molecular complexity index is 905. The minimum atomic E-state index is -3.89. The summed E-state index contributed by atoms with van der Waals surface area (Å²) in [5.41, 5.74) is 0.918. The van der Waals surface area contributed by atoms with Crippen molar-refractivity contribution >= 4 is 22.0 Å². The molecule has 1 saturated heterocycles. The largest absolute Gasteiger partial charge is 0.337 e. The Hall–Kier alpha value is -2.51. The Kier molecular flexibility index (Phi) is 5.49. The van der Waals surface area contributed by atoms with Crippen LogP contribution in [0.5, 0.6) is 0 Å². The number of hydrogen-bond acceptors (Lipinski definition) is 3. The number of hydrogen-bond donors (Lipinski definition) is 0. The molecule has 0 aromatic heterocycles. The average Bonchev–Trinajstić information content (AvgIpc) is 2.67. The summed E-state index contributed by atoms with van der Waals surface area (Å²) in [5, 5.41) is 0. The van der Waals surface area contributed by atoms with E-state index in [0.717, 1.165) is 11.6 Å². The average molecular weight is 374 g/mol. The van der Waals surface area contributed by atoms with E-state index >= 15 is 0 Å². The number of rotatable bonds is 4. The van der Waals surface area contributed by atoms with Crippen LogP contribution in [0.3, 0.4) is 0 Å². The van der Waals surface area contributed by atoms with Gasteiger partial charge in [0.05, 0.1) is 0 Å². The van der Waals surface area contributed by atoms with E-state index in [1.165, 1.54) is 28.6 Å². The van der Waals surface area contributed by atoms with Gasteiger partial charge in [0.1, 0.15) is 10.7 Å². The van der Waals surface area contributed by atoms with E-state index in [0.29, 0.717) is 0 Å². The van der Waals surface area contributed by atoms with Crippen molar-refractivity contribution < 1.29 is 17.6 Å². The smallest absolute Gasteiger partial charge is 0.246 e. The van der Waals surface area contributed by atoms with E-state index < -0.39 is 15.8 Å². The first kappa shape index (κ1) is 18.3. The molecule has 0 N–H and O–H groups in total. The highest BCUT2D eigenvalue weighted by Crippen LogP contribution is 2.20. The zero-order valence-electron chi connectivity index (χ0n) is 14.1. The molecule has 1 heterocycles. The summed E-state index contributed by atoms with van der Waals surface area (Å²) in [5.74, 6) is -0.936. The summed E-state index contributed by atoms with van der Waals surface area (Å²) < 4.78 is 40.2. The molecule has 0 spiro atoms. The van der Waals surface area contributed by atoms with Gasteiger partial charge in [0.2, 0.25) is 15.9 Å². The molecule has 0 saturated carbocycles. The van der Waals surface area contributed by atoms with Gasteiger partial charge in [-0.15, -0.1) is 0 Å². The molecular weight excluding hydrogens is 355 g/mol. The van der Waals surface area contributed by atoms with E-state index in [1.807, 2.05) is 30.3 Å². The lowest BCUT2D eigenvalue weighted by atomic mass is 10.2. The van der Waals surface area contributed by atoms with Crippen LogP contribution in [0.15, 0.2) is 65.6 Å². The minimum absolute atomic E-state index is 0.140. The lowest BCUT2D eigenvalue weighted by Crippen LogP contribution is -2.50. The van der Waals surface area contributed by atoms with Crippen molar-refractivity contribution in [2.75, 3.05) is 26.2 Å². The fraction of sp³-hybridized carbons (Fsp3) is 0.211. The second-order valence-electron chi connectivity index (χ2n) is 5.90. The van der Waals surface area contributed by atoms with Gasteiger partial charge in [-0.2, -0.15) is 4.31 Å². The van der Waals surface area contributed by atoms with Gasteiger partial charge in [-0.25, -0.2) is 12.8 Å². The first-order valence-corrected chi connectivity index (χ1v) is 9.69. The van der Waals surface area contributed by atoms with Crippen molar-refractivity contribution in [3.63, 3.8) is 0 Å². The Morgan fingerprint density at radius 2 is 1.54 bits per heavy atom. The standard InChI is InChI=1S/C19H19FN2O3S/c20-17-8-4-5-9-18(17)26(24,25)22-14-12-21(13-15-22)19(23)11-10-16-6-2-1-3-7-16/h1-11H,12-15H2/b11-10+. The summed E-state index contributed by atoms with van der Waals surface area (Å²) in [6.45, 7) is 0.820. The van der Waals surface area contributed by atoms with Crippen LogP contribution in [0.2, 0.25) is 0 Å². The maximum absolute atomic E-state index is 13.8. The van der Waals surface area contributed by atoms with Gasteiger partial charge in [-0.1, -0.05) is 42.5 Å².